The second kappa shape index (κ2) is 14.5. The van der Waals surface area contributed by atoms with E-state index in [0.29, 0.717) is 11.1 Å². The van der Waals surface area contributed by atoms with E-state index in [1.54, 1.807) is 18.2 Å². The summed E-state index contributed by atoms with van der Waals surface area (Å²) in [7, 11) is 4.15. The highest BCUT2D eigenvalue weighted by molar-refractivity contribution is 5.62. The van der Waals surface area contributed by atoms with Crippen molar-refractivity contribution in [3.8, 4) is 28.7 Å². The molecule has 3 rings (SSSR count). The zero-order valence-electron chi connectivity index (χ0n) is 22.3. The molecule has 0 amide bonds. The fraction of sp³-hybridized carbons (Fsp3) is 0.481. The van der Waals surface area contributed by atoms with E-state index in [1.807, 2.05) is 0 Å². The van der Waals surface area contributed by atoms with Gasteiger partial charge in [0.05, 0.1) is 41.2 Å². The van der Waals surface area contributed by atoms with Crippen molar-refractivity contribution in [1.29, 1.82) is 0 Å². The maximum Gasteiger partial charge on any atom is 0.204 e. The minimum Gasteiger partial charge on any atom is -0.504 e. The lowest BCUT2D eigenvalue weighted by atomic mass is 9.98. The van der Waals surface area contributed by atoms with Crippen molar-refractivity contribution in [2.24, 2.45) is 0 Å². The molecule has 0 bridgehead atoms. The van der Waals surface area contributed by atoms with Gasteiger partial charge in [0, 0.05) is 0 Å². The van der Waals surface area contributed by atoms with Gasteiger partial charge in [-0.15, -0.1) is 0 Å². The van der Waals surface area contributed by atoms with Gasteiger partial charge in [0.25, 0.3) is 0 Å². The molecule has 0 aliphatic carbocycles. The van der Waals surface area contributed by atoms with Crippen LogP contribution >= 0.6 is 0 Å². The number of aliphatic hydroxyl groups excluding tert-OH is 6. The zero-order chi connectivity index (χ0) is 29.4. The van der Waals surface area contributed by atoms with Crippen molar-refractivity contribution in [3.63, 3.8) is 0 Å². The highest BCUT2D eigenvalue weighted by atomic mass is 16.7. The molecule has 2 aromatic rings. The molecule has 40 heavy (non-hydrogen) atoms. The van der Waals surface area contributed by atoms with Gasteiger partial charge >= 0.3 is 0 Å². The fourth-order valence-electron chi connectivity index (χ4n) is 4.22. The van der Waals surface area contributed by atoms with Crippen molar-refractivity contribution in [2.75, 3.05) is 41.2 Å². The lowest BCUT2D eigenvalue weighted by Crippen LogP contribution is -2.59. The topological polar surface area (TPSA) is 197 Å². The number of hydrogen-bond donors (Lipinski definition) is 7. The fourth-order valence-corrected chi connectivity index (χ4v) is 4.22. The van der Waals surface area contributed by atoms with E-state index in [9.17, 15) is 30.6 Å². The van der Waals surface area contributed by atoms with E-state index in [-0.39, 0.29) is 35.4 Å². The van der Waals surface area contributed by atoms with Crippen LogP contribution in [0, 0.1) is 0 Å². The van der Waals surface area contributed by atoms with E-state index in [2.05, 4.69) is 0 Å². The predicted molar refractivity (Wildman–Crippen MR) is 139 cm³/mol. The van der Waals surface area contributed by atoms with Crippen molar-refractivity contribution >= 4 is 6.08 Å². The van der Waals surface area contributed by atoms with Crippen LogP contribution in [0.25, 0.3) is 6.08 Å². The van der Waals surface area contributed by atoms with Crippen LogP contribution in [0.5, 0.6) is 28.7 Å². The van der Waals surface area contributed by atoms with Crippen LogP contribution in [0.2, 0.25) is 0 Å². The number of ether oxygens (including phenoxy) is 6. The Bertz CT molecular complexity index is 1100. The van der Waals surface area contributed by atoms with Crippen LogP contribution in [-0.4, -0.2) is 114 Å². The van der Waals surface area contributed by atoms with Gasteiger partial charge in [0.2, 0.25) is 5.75 Å². The summed E-state index contributed by atoms with van der Waals surface area (Å²) in [6.07, 6.45) is -7.19. The SMILES string of the molecule is COc1cc(C(O[C@@H]2O[C@H](CO)[C@@H](O)[C@H](O)[C@H]2O)C(CO)Oc2c(OC)cc(/C=C\CO)cc2OC)ccc1O. The molecular weight excluding hydrogens is 532 g/mol. The van der Waals surface area contributed by atoms with Crippen molar-refractivity contribution < 1.29 is 64.2 Å². The highest BCUT2D eigenvalue weighted by Crippen LogP contribution is 2.42. The molecule has 1 fully saturated rings. The Balaban J connectivity index is 2.06. The Kier molecular flexibility index (Phi) is 11.4. The number of benzene rings is 2. The number of phenolic OH excluding ortho intramolecular Hbond substituents is 1. The van der Waals surface area contributed by atoms with Gasteiger partial charge in [-0.1, -0.05) is 18.2 Å². The number of methoxy groups -OCH3 is 3. The van der Waals surface area contributed by atoms with Crippen molar-refractivity contribution in [1.82, 2.24) is 0 Å². The summed E-state index contributed by atoms with van der Waals surface area (Å²) in [5.74, 6) is 0.454. The monoisotopic (exact) mass is 568 g/mol. The van der Waals surface area contributed by atoms with Crippen LogP contribution in [0.3, 0.4) is 0 Å². The largest absolute Gasteiger partial charge is 0.504 e. The Morgan fingerprint density at radius 3 is 2.08 bits per heavy atom. The Morgan fingerprint density at radius 1 is 0.875 bits per heavy atom. The molecule has 1 aliphatic rings. The predicted octanol–water partition coefficient (Wildman–Crippen LogP) is -0.279. The van der Waals surface area contributed by atoms with Crippen molar-refractivity contribution in [2.45, 2.75) is 42.9 Å². The number of hydrogen-bond acceptors (Lipinski definition) is 13. The summed E-state index contributed by atoms with van der Waals surface area (Å²) in [4.78, 5) is 0. The summed E-state index contributed by atoms with van der Waals surface area (Å²) in [5.41, 5.74) is 0.944. The molecule has 0 spiro atoms. The standard InChI is InChI=1S/C27H36O13/c1-35-17-11-15(6-7-16(17)31)25(40-27-24(34)23(33)22(32)20(12-29)39-27)21(13-30)38-26-18(36-2)9-14(5-4-8-28)10-19(26)37-3/h4-7,9-11,20-25,27-34H,8,12-13H2,1-3H3/b5-4-/t20-,21?,22-,23+,24-,25?,27+/m1/s1. The van der Waals surface area contributed by atoms with E-state index >= 15 is 0 Å². The molecule has 7 N–H and O–H groups in total. The lowest BCUT2D eigenvalue weighted by Gasteiger charge is -2.41. The first-order valence-corrected chi connectivity index (χ1v) is 12.4. The quantitative estimate of drug-likeness (QED) is 0.167. The summed E-state index contributed by atoms with van der Waals surface area (Å²) < 4.78 is 33.9. The first-order valence-electron chi connectivity index (χ1n) is 12.4. The van der Waals surface area contributed by atoms with Gasteiger partial charge in [-0.2, -0.15) is 0 Å². The molecular formula is C27H36O13. The lowest BCUT2D eigenvalue weighted by molar-refractivity contribution is -0.318. The summed E-state index contributed by atoms with van der Waals surface area (Å²) in [6, 6.07) is 7.46. The van der Waals surface area contributed by atoms with Crippen LogP contribution in [-0.2, 0) is 9.47 Å². The molecule has 1 aliphatic heterocycles. The molecule has 1 heterocycles. The Morgan fingerprint density at radius 2 is 1.52 bits per heavy atom. The average Bonchev–Trinajstić information content (AvgIpc) is 2.97. The third-order valence-electron chi connectivity index (χ3n) is 6.35. The summed E-state index contributed by atoms with van der Waals surface area (Å²) in [5, 5.41) is 70.3. The minimum atomic E-state index is -1.74. The third kappa shape index (κ3) is 6.95. The van der Waals surface area contributed by atoms with Gasteiger partial charge < -0.3 is 64.2 Å². The molecule has 0 radical (unpaired) electrons. The van der Waals surface area contributed by atoms with Crippen LogP contribution in [0.1, 0.15) is 17.2 Å². The minimum absolute atomic E-state index is 0.0757. The van der Waals surface area contributed by atoms with Gasteiger partial charge in [0.1, 0.15) is 30.5 Å². The second-order valence-electron chi connectivity index (χ2n) is 8.86. The molecule has 7 atom stereocenters. The number of phenols is 1. The van der Waals surface area contributed by atoms with Gasteiger partial charge in [0.15, 0.2) is 35.4 Å². The van der Waals surface area contributed by atoms with Gasteiger partial charge in [-0.25, -0.2) is 0 Å². The molecule has 2 unspecified atom stereocenters. The van der Waals surface area contributed by atoms with Crippen LogP contribution < -0.4 is 18.9 Å². The first kappa shape index (κ1) is 31.4. The molecule has 0 aromatic heterocycles. The second-order valence-corrected chi connectivity index (χ2v) is 8.86. The third-order valence-corrected chi connectivity index (χ3v) is 6.35. The molecule has 2 aromatic carbocycles. The maximum absolute atomic E-state index is 10.6. The number of aliphatic hydroxyl groups is 6. The van der Waals surface area contributed by atoms with E-state index in [4.69, 9.17) is 33.5 Å². The highest BCUT2D eigenvalue weighted by Gasteiger charge is 2.46. The number of rotatable bonds is 13. The number of aromatic hydroxyl groups is 1. The Labute approximate surface area is 231 Å². The molecule has 1 saturated heterocycles. The van der Waals surface area contributed by atoms with E-state index in [1.165, 1.54) is 45.6 Å². The molecule has 0 saturated carbocycles. The first-order chi connectivity index (χ1) is 19.2. The Hall–Kier alpha value is -3.14. The van der Waals surface area contributed by atoms with Gasteiger partial charge in [-0.05, 0) is 35.4 Å². The average molecular weight is 569 g/mol. The summed E-state index contributed by atoms with van der Waals surface area (Å²) in [6.45, 7) is -1.50. The van der Waals surface area contributed by atoms with Crippen LogP contribution in [0.15, 0.2) is 36.4 Å². The maximum atomic E-state index is 10.6. The summed E-state index contributed by atoms with van der Waals surface area (Å²) >= 11 is 0. The van der Waals surface area contributed by atoms with Gasteiger partial charge in [-0.3, -0.25) is 0 Å². The smallest absolute Gasteiger partial charge is 0.204 e. The molecule has 222 valence electrons. The normalized spacial score (nSPS) is 24.5. The zero-order valence-corrected chi connectivity index (χ0v) is 22.3. The van der Waals surface area contributed by atoms with E-state index < -0.39 is 56.1 Å². The molecule has 13 nitrogen and oxygen atoms in total. The van der Waals surface area contributed by atoms with Crippen molar-refractivity contribution in [3.05, 3.63) is 47.5 Å². The van der Waals surface area contributed by atoms with Crippen LogP contribution in [0.4, 0.5) is 0 Å². The molecule has 13 heteroatoms. The van der Waals surface area contributed by atoms with E-state index in [0.717, 1.165) is 0 Å².